The van der Waals surface area contributed by atoms with Crippen molar-refractivity contribution >= 4 is 38.3 Å². The van der Waals surface area contributed by atoms with Crippen LogP contribution in [0, 0.1) is 0 Å². The summed E-state index contributed by atoms with van der Waals surface area (Å²) in [5.74, 6) is 2.47. The SMILES string of the molecule is COc1ccc(CNc2nnc(N3CCC(O)CC3)c3ccccc23)cc1Br. The number of halogens is 1. The van der Waals surface area contributed by atoms with Gasteiger partial charge in [0, 0.05) is 30.4 Å². The minimum atomic E-state index is -0.208. The molecule has 0 radical (unpaired) electrons. The molecule has 0 atom stereocenters. The summed E-state index contributed by atoms with van der Waals surface area (Å²) in [7, 11) is 1.66. The van der Waals surface area contributed by atoms with E-state index >= 15 is 0 Å². The lowest BCUT2D eigenvalue weighted by Gasteiger charge is -2.31. The van der Waals surface area contributed by atoms with Crippen LogP contribution in [-0.4, -0.2) is 41.6 Å². The number of rotatable bonds is 5. The average molecular weight is 443 g/mol. The Bertz CT molecular complexity index is 974. The largest absolute Gasteiger partial charge is 0.496 e. The standard InChI is InChI=1S/C21H23BrN4O2/c1-28-19-7-6-14(12-18(19)22)13-23-20-16-4-2-3-5-17(16)21(25-24-20)26-10-8-15(27)9-11-26/h2-7,12,15,27H,8-11,13H2,1H3,(H,23,24). The van der Waals surface area contributed by atoms with Crippen LogP contribution in [0.1, 0.15) is 18.4 Å². The smallest absolute Gasteiger partial charge is 0.159 e. The normalized spacial score (nSPS) is 15.0. The number of hydrogen-bond donors (Lipinski definition) is 2. The molecule has 0 spiro atoms. The zero-order valence-corrected chi connectivity index (χ0v) is 17.3. The van der Waals surface area contributed by atoms with Crippen molar-refractivity contribution in [2.45, 2.75) is 25.5 Å². The highest BCUT2D eigenvalue weighted by atomic mass is 79.9. The summed E-state index contributed by atoms with van der Waals surface area (Å²) in [6, 6.07) is 14.2. The van der Waals surface area contributed by atoms with Crippen LogP contribution < -0.4 is 15.0 Å². The minimum absolute atomic E-state index is 0.208. The summed E-state index contributed by atoms with van der Waals surface area (Å²) in [6.45, 7) is 2.23. The van der Waals surface area contributed by atoms with Gasteiger partial charge in [0.2, 0.25) is 0 Å². The maximum atomic E-state index is 9.78. The van der Waals surface area contributed by atoms with Gasteiger partial charge in [-0.25, -0.2) is 0 Å². The van der Waals surface area contributed by atoms with E-state index in [-0.39, 0.29) is 6.10 Å². The van der Waals surface area contributed by atoms with Crippen LogP contribution in [0.2, 0.25) is 0 Å². The van der Waals surface area contributed by atoms with Crippen LogP contribution in [0.4, 0.5) is 11.6 Å². The van der Waals surface area contributed by atoms with Gasteiger partial charge in [0.25, 0.3) is 0 Å². The third kappa shape index (κ3) is 3.91. The van der Waals surface area contributed by atoms with Crippen molar-refractivity contribution in [2.24, 2.45) is 0 Å². The molecule has 1 fully saturated rings. The zero-order chi connectivity index (χ0) is 19.5. The number of hydrogen-bond acceptors (Lipinski definition) is 6. The Morgan fingerprint density at radius 2 is 1.89 bits per heavy atom. The van der Waals surface area contributed by atoms with E-state index in [4.69, 9.17) is 4.74 Å². The number of aromatic nitrogens is 2. The van der Waals surface area contributed by atoms with Crippen molar-refractivity contribution in [2.75, 3.05) is 30.4 Å². The van der Waals surface area contributed by atoms with Crippen molar-refractivity contribution in [3.8, 4) is 5.75 Å². The molecule has 1 saturated heterocycles. The Kier molecular flexibility index (Phi) is 5.64. The number of nitrogens with zero attached hydrogens (tertiary/aromatic N) is 3. The lowest BCUT2D eigenvalue weighted by Crippen LogP contribution is -2.36. The van der Waals surface area contributed by atoms with Gasteiger partial charge in [-0.05, 0) is 46.5 Å². The van der Waals surface area contributed by atoms with E-state index in [1.54, 1.807) is 7.11 Å². The number of methoxy groups -OCH3 is 1. The maximum Gasteiger partial charge on any atom is 0.159 e. The lowest BCUT2D eigenvalue weighted by molar-refractivity contribution is 0.145. The molecule has 3 aromatic rings. The van der Waals surface area contributed by atoms with Gasteiger partial charge in [-0.3, -0.25) is 0 Å². The molecule has 2 aromatic carbocycles. The second-order valence-electron chi connectivity index (χ2n) is 6.96. The third-order valence-electron chi connectivity index (χ3n) is 5.11. The molecule has 6 nitrogen and oxygen atoms in total. The molecule has 0 unspecified atom stereocenters. The first-order chi connectivity index (χ1) is 13.7. The van der Waals surface area contributed by atoms with E-state index in [0.29, 0.717) is 6.54 Å². The molecule has 7 heteroatoms. The van der Waals surface area contributed by atoms with E-state index in [9.17, 15) is 5.11 Å². The van der Waals surface area contributed by atoms with E-state index in [2.05, 4.69) is 48.5 Å². The topological polar surface area (TPSA) is 70.5 Å². The summed E-state index contributed by atoms with van der Waals surface area (Å²) < 4.78 is 6.21. The number of ether oxygens (including phenoxy) is 1. The van der Waals surface area contributed by atoms with Crippen LogP contribution in [0.3, 0.4) is 0 Å². The zero-order valence-electron chi connectivity index (χ0n) is 15.7. The Labute approximate surface area is 172 Å². The number of fused-ring (bicyclic) bond motifs is 1. The van der Waals surface area contributed by atoms with Crippen molar-refractivity contribution in [1.82, 2.24) is 10.2 Å². The average Bonchev–Trinajstić information content (AvgIpc) is 2.73. The fourth-order valence-corrected chi connectivity index (χ4v) is 4.13. The van der Waals surface area contributed by atoms with E-state index in [0.717, 1.165) is 64.1 Å². The van der Waals surface area contributed by atoms with Crippen molar-refractivity contribution < 1.29 is 9.84 Å². The monoisotopic (exact) mass is 442 g/mol. The van der Waals surface area contributed by atoms with Crippen molar-refractivity contribution in [1.29, 1.82) is 0 Å². The fraction of sp³-hybridized carbons (Fsp3) is 0.333. The Balaban J connectivity index is 1.58. The first-order valence-electron chi connectivity index (χ1n) is 9.40. The molecule has 0 aliphatic carbocycles. The first kappa shape index (κ1) is 19.0. The van der Waals surface area contributed by atoms with Crippen LogP contribution in [0.5, 0.6) is 5.75 Å². The highest BCUT2D eigenvalue weighted by Gasteiger charge is 2.21. The van der Waals surface area contributed by atoms with Crippen molar-refractivity contribution in [3.63, 3.8) is 0 Å². The predicted octanol–water partition coefficient (Wildman–Crippen LogP) is 3.97. The Hall–Kier alpha value is -2.38. The molecule has 0 amide bonds. The van der Waals surface area contributed by atoms with Crippen LogP contribution in [0.25, 0.3) is 10.8 Å². The van der Waals surface area contributed by atoms with Crippen LogP contribution in [0.15, 0.2) is 46.9 Å². The molecule has 1 aromatic heterocycles. The number of aliphatic hydroxyl groups excluding tert-OH is 1. The molecule has 146 valence electrons. The molecular weight excluding hydrogens is 420 g/mol. The van der Waals surface area contributed by atoms with Gasteiger partial charge in [-0.2, -0.15) is 0 Å². The van der Waals surface area contributed by atoms with E-state index in [1.165, 1.54) is 0 Å². The van der Waals surface area contributed by atoms with Gasteiger partial charge in [0.15, 0.2) is 11.6 Å². The predicted molar refractivity (Wildman–Crippen MR) is 115 cm³/mol. The summed E-state index contributed by atoms with van der Waals surface area (Å²) in [5, 5.41) is 24.3. The number of benzene rings is 2. The van der Waals surface area contributed by atoms with Crippen LogP contribution in [-0.2, 0) is 6.54 Å². The molecule has 1 aliphatic heterocycles. The Morgan fingerprint density at radius 3 is 2.61 bits per heavy atom. The highest BCUT2D eigenvalue weighted by molar-refractivity contribution is 9.10. The summed E-state index contributed by atoms with van der Waals surface area (Å²) in [5.41, 5.74) is 1.12. The highest BCUT2D eigenvalue weighted by Crippen LogP contribution is 2.31. The molecule has 1 aliphatic rings. The third-order valence-corrected chi connectivity index (χ3v) is 5.73. The van der Waals surface area contributed by atoms with E-state index < -0.39 is 0 Å². The van der Waals surface area contributed by atoms with Gasteiger partial charge in [-0.1, -0.05) is 30.3 Å². The van der Waals surface area contributed by atoms with E-state index in [1.807, 2.05) is 30.3 Å². The molecule has 4 rings (SSSR count). The van der Waals surface area contributed by atoms with Gasteiger partial charge >= 0.3 is 0 Å². The number of piperidine rings is 1. The maximum absolute atomic E-state index is 9.78. The quantitative estimate of drug-likeness (QED) is 0.622. The summed E-state index contributed by atoms with van der Waals surface area (Å²) in [6.07, 6.45) is 1.32. The number of nitrogens with one attached hydrogen (secondary N) is 1. The second kappa shape index (κ2) is 8.32. The molecule has 0 saturated carbocycles. The molecule has 2 heterocycles. The van der Waals surface area contributed by atoms with Crippen LogP contribution >= 0.6 is 15.9 Å². The number of anilines is 2. The molecule has 2 N–H and O–H groups in total. The Morgan fingerprint density at radius 1 is 1.14 bits per heavy atom. The minimum Gasteiger partial charge on any atom is -0.496 e. The molecule has 0 bridgehead atoms. The van der Waals surface area contributed by atoms with Gasteiger partial charge < -0.3 is 20.1 Å². The fourth-order valence-electron chi connectivity index (χ4n) is 3.54. The first-order valence-corrected chi connectivity index (χ1v) is 10.2. The lowest BCUT2D eigenvalue weighted by atomic mass is 10.1. The second-order valence-corrected chi connectivity index (χ2v) is 7.81. The van der Waals surface area contributed by atoms with Gasteiger partial charge in [-0.15, -0.1) is 10.2 Å². The molecular formula is C21H23BrN4O2. The van der Waals surface area contributed by atoms with Gasteiger partial charge in [0.05, 0.1) is 17.7 Å². The van der Waals surface area contributed by atoms with Crippen molar-refractivity contribution in [3.05, 3.63) is 52.5 Å². The molecule has 28 heavy (non-hydrogen) atoms. The summed E-state index contributed by atoms with van der Waals surface area (Å²) >= 11 is 3.53. The summed E-state index contributed by atoms with van der Waals surface area (Å²) in [4.78, 5) is 2.21. The van der Waals surface area contributed by atoms with Gasteiger partial charge in [0.1, 0.15) is 5.75 Å². The number of aliphatic hydroxyl groups is 1.